The van der Waals surface area contributed by atoms with Crippen LogP contribution in [-0.4, -0.2) is 52.3 Å². The van der Waals surface area contributed by atoms with Crippen molar-refractivity contribution in [1.29, 1.82) is 0 Å². The number of methoxy groups -OCH3 is 1. The normalized spacial score (nSPS) is 18.8. The van der Waals surface area contributed by atoms with Crippen LogP contribution in [-0.2, 0) is 6.54 Å². The molecule has 0 aromatic heterocycles. The number of nitrogens with zero attached hydrogens (tertiary/aromatic N) is 2. The zero-order chi connectivity index (χ0) is 15.9. The van der Waals surface area contributed by atoms with E-state index in [1.807, 2.05) is 0 Å². The predicted molar refractivity (Wildman–Crippen MR) is 93.9 cm³/mol. The second kappa shape index (κ2) is 8.39. The molecule has 0 bridgehead atoms. The molecule has 1 N–H and O–H groups in total. The van der Waals surface area contributed by atoms with Crippen LogP contribution in [0.3, 0.4) is 0 Å². The lowest BCUT2D eigenvalue weighted by Crippen LogP contribution is -2.34. The number of benzene rings is 1. The standard InChI is InChI=1S/C18H31N3O/c1-15-6-5-10-21(14-15)17-8-7-16(12-18(17)22-4)13-19-9-11-20(2)3/h7-8,12,15,19H,5-6,9-11,13-14H2,1-4H3. The van der Waals surface area contributed by atoms with Gasteiger partial charge in [0.25, 0.3) is 0 Å². The molecular formula is C18H31N3O. The smallest absolute Gasteiger partial charge is 0.142 e. The zero-order valence-electron chi connectivity index (χ0n) is 14.6. The Morgan fingerprint density at radius 2 is 2.18 bits per heavy atom. The van der Waals surface area contributed by atoms with Crippen molar-refractivity contribution in [2.75, 3.05) is 52.3 Å². The summed E-state index contributed by atoms with van der Waals surface area (Å²) in [4.78, 5) is 4.66. The quantitative estimate of drug-likeness (QED) is 0.784. The van der Waals surface area contributed by atoms with E-state index in [1.54, 1.807) is 7.11 Å². The minimum atomic E-state index is 0.769. The molecule has 1 saturated heterocycles. The van der Waals surface area contributed by atoms with Gasteiger partial charge in [-0.15, -0.1) is 0 Å². The Morgan fingerprint density at radius 3 is 2.86 bits per heavy atom. The molecule has 4 heteroatoms. The molecule has 1 unspecified atom stereocenters. The van der Waals surface area contributed by atoms with E-state index in [-0.39, 0.29) is 0 Å². The minimum absolute atomic E-state index is 0.769. The summed E-state index contributed by atoms with van der Waals surface area (Å²) in [6, 6.07) is 6.62. The summed E-state index contributed by atoms with van der Waals surface area (Å²) < 4.78 is 5.64. The molecule has 0 radical (unpaired) electrons. The van der Waals surface area contributed by atoms with Crippen LogP contribution >= 0.6 is 0 Å². The predicted octanol–water partition coefficient (Wildman–Crippen LogP) is 2.58. The first-order valence-corrected chi connectivity index (χ1v) is 8.37. The van der Waals surface area contributed by atoms with Gasteiger partial charge in [0.15, 0.2) is 0 Å². The third-order valence-electron chi connectivity index (χ3n) is 4.31. The summed E-state index contributed by atoms with van der Waals surface area (Å²) in [6.45, 7) is 7.56. The van der Waals surface area contributed by atoms with Crippen molar-refractivity contribution in [3.63, 3.8) is 0 Å². The Morgan fingerprint density at radius 1 is 1.36 bits per heavy atom. The molecule has 124 valence electrons. The first kappa shape index (κ1) is 17.1. The lowest BCUT2D eigenvalue weighted by atomic mass is 9.99. The van der Waals surface area contributed by atoms with Crippen LogP contribution in [0.1, 0.15) is 25.3 Å². The molecule has 2 rings (SSSR count). The van der Waals surface area contributed by atoms with Crippen LogP contribution in [0.15, 0.2) is 18.2 Å². The first-order valence-electron chi connectivity index (χ1n) is 8.37. The van der Waals surface area contributed by atoms with Crippen molar-refractivity contribution in [3.05, 3.63) is 23.8 Å². The van der Waals surface area contributed by atoms with E-state index in [1.165, 1.54) is 24.1 Å². The third-order valence-corrected chi connectivity index (χ3v) is 4.31. The number of hydrogen-bond donors (Lipinski definition) is 1. The molecule has 22 heavy (non-hydrogen) atoms. The van der Waals surface area contributed by atoms with Gasteiger partial charge in [0.1, 0.15) is 5.75 Å². The van der Waals surface area contributed by atoms with Gasteiger partial charge in [0.05, 0.1) is 12.8 Å². The summed E-state index contributed by atoms with van der Waals surface area (Å²) in [5.74, 6) is 1.77. The summed E-state index contributed by atoms with van der Waals surface area (Å²) in [5, 5.41) is 3.48. The van der Waals surface area contributed by atoms with Gasteiger partial charge in [0, 0.05) is 32.7 Å². The molecule has 1 atom stereocenters. The number of nitrogens with one attached hydrogen (secondary N) is 1. The Balaban J connectivity index is 1.98. The molecular weight excluding hydrogens is 274 g/mol. The van der Waals surface area contributed by atoms with E-state index >= 15 is 0 Å². The maximum absolute atomic E-state index is 5.64. The summed E-state index contributed by atoms with van der Waals surface area (Å²) >= 11 is 0. The highest BCUT2D eigenvalue weighted by Crippen LogP contribution is 2.32. The highest BCUT2D eigenvalue weighted by Gasteiger charge is 2.19. The second-order valence-electron chi connectivity index (χ2n) is 6.68. The SMILES string of the molecule is COc1cc(CNCCN(C)C)ccc1N1CCCC(C)C1. The number of ether oxygens (including phenoxy) is 1. The van der Waals surface area contributed by atoms with Crippen LogP contribution in [0.2, 0.25) is 0 Å². The lowest BCUT2D eigenvalue weighted by Gasteiger charge is -2.33. The zero-order valence-corrected chi connectivity index (χ0v) is 14.6. The second-order valence-corrected chi connectivity index (χ2v) is 6.68. The van der Waals surface area contributed by atoms with Gasteiger partial charge in [-0.3, -0.25) is 0 Å². The van der Waals surface area contributed by atoms with Gasteiger partial charge in [-0.05, 0) is 50.6 Å². The Kier molecular flexibility index (Phi) is 6.52. The molecule has 1 aromatic carbocycles. The van der Waals surface area contributed by atoms with E-state index in [4.69, 9.17) is 4.74 Å². The van der Waals surface area contributed by atoms with Crippen molar-refractivity contribution in [1.82, 2.24) is 10.2 Å². The Bertz CT molecular complexity index is 462. The minimum Gasteiger partial charge on any atom is -0.495 e. The van der Waals surface area contributed by atoms with Gasteiger partial charge in [-0.2, -0.15) is 0 Å². The summed E-state index contributed by atoms with van der Waals surface area (Å²) in [5.41, 5.74) is 2.52. The van der Waals surface area contributed by atoms with Gasteiger partial charge < -0.3 is 19.9 Å². The molecule has 4 nitrogen and oxygen atoms in total. The van der Waals surface area contributed by atoms with Crippen molar-refractivity contribution < 1.29 is 4.74 Å². The molecule has 1 aromatic rings. The topological polar surface area (TPSA) is 27.7 Å². The van der Waals surface area contributed by atoms with Gasteiger partial charge in [0.2, 0.25) is 0 Å². The monoisotopic (exact) mass is 305 g/mol. The van der Waals surface area contributed by atoms with Crippen LogP contribution in [0, 0.1) is 5.92 Å². The number of rotatable bonds is 7. The molecule has 0 aliphatic carbocycles. The Hall–Kier alpha value is -1.26. The fraction of sp³-hybridized carbons (Fsp3) is 0.667. The van der Waals surface area contributed by atoms with Gasteiger partial charge >= 0.3 is 0 Å². The van der Waals surface area contributed by atoms with Crippen LogP contribution in [0.5, 0.6) is 5.75 Å². The van der Waals surface area contributed by atoms with Crippen molar-refractivity contribution in [2.45, 2.75) is 26.3 Å². The van der Waals surface area contributed by atoms with E-state index in [9.17, 15) is 0 Å². The fourth-order valence-electron chi connectivity index (χ4n) is 3.04. The number of hydrogen-bond acceptors (Lipinski definition) is 4. The lowest BCUT2D eigenvalue weighted by molar-refractivity contribution is 0.398. The van der Waals surface area contributed by atoms with Crippen molar-refractivity contribution in [3.8, 4) is 5.75 Å². The highest BCUT2D eigenvalue weighted by atomic mass is 16.5. The molecule has 1 aliphatic rings. The van der Waals surface area contributed by atoms with Crippen LogP contribution < -0.4 is 15.0 Å². The molecule has 1 aliphatic heterocycles. The molecule has 1 fully saturated rings. The van der Waals surface area contributed by atoms with E-state index in [0.29, 0.717) is 0 Å². The van der Waals surface area contributed by atoms with Crippen molar-refractivity contribution in [2.24, 2.45) is 5.92 Å². The summed E-state index contributed by atoms with van der Waals surface area (Å²) in [6.07, 6.45) is 2.62. The number of likely N-dealkylation sites (N-methyl/N-ethyl adjacent to an activating group) is 1. The fourth-order valence-corrected chi connectivity index (χ4v) is 3.04. The van der Waals surface area contributed by atoms with Crippen LogP contribution in [0.25, 0.3) is 0 Å². The van der Waals surface area contributed by atoms with Crippen molar-refractivity contribution >= 4 is 5.69 Å². The van der Waals surface area contributed by atoms with Crippen LogP contribution in [0.4, 0.5) is 5.69 Å². The first-order chi connectivity index (χ1) is 10.6. The van der Waals surface area contributed by atoms with E-state index < -0.39 is 0 Å². The molecule has 1 heterocycles. The van der Waals surface area contributed by atoms with E-state index in [0.717, 1.165) is 44.4 Å². The van der Waals surface area contributed by atoms with Gasteiger partial charge in [-0.25, -0.2) is 0 Å². The number of piperidine rings is 1. The summed E-state index contributed by atoms with van der Waals surface area (Å²) in [7, 11) is 5.97. The maximum atomic E-state index is 5.64. The average molecular weight is 305 g/mol. The number of anilines is 1. The van der Waals surface area contributed by atoms with E-state index in [2.05, 4.69) is 54.3 Å². The molecule has 0 amide bonds. The third kappa shape index (κ3) is 4.89. The average Bonchev–Trinajstić information content (AvgIpc) is 2.51. The van der Waals surface area contributed by atoms with Gasteiger partial charge in [-0.1, -0.05) is 13.0 Å². The maximum Gasteiger partial charge on any atom is 0.142 e. The highest BCUT2D eigenvalue weighted by molar-refractivity contribution is 5.60. The largest absolute Gasteiger partial charge is 0.495 e. The molecule has 0 spiro atoms. The molecule has 0 saturated carbocycles. The Labute approximate surface area is 135 Å².